The van der Waals surface area contributed by atoms with E-state index in [0.29, 0.717) is 12.4 Å². The van der Waals surface area contributed by atoms with E-state index in [1.807, 2.05) is 12.1 Å². The van der Waals surface area contributed by atoms with Crippen LogP contribution in [0.25, 0.3) is 0 Å². The van der Waals surface area contributed by atoms with Gasteiger partial charge in [-0.15, -0.1) is 0 Å². The van der Waals surface area contributed by atoms with Crippen LogP contribution in [0.4, 0.5) is 0 Å². The molecule has 84 valence electrons. The van der Waals surface area contributed by atoms with E-state index in [1.165, 1.54) is 6.42 Å². The van der Waals surface area contributed by atoms with Gasteiger partial charge in [0.05, 0.1) is 6.61 Å². The topological polar surface area (TPSA) is 48.1 Å². The zero-order chi connectivity index (χ0) is 11.1. The Bertz CT molecular complexity index is 287. The minimum atomic E-state index is 0.480. The zero-order valence-corrected chi connectivity index (χ0v) is 9.57. The molecule has 3 nitrogen and oxygen atoms in total. The Morgan fingerprint density at radius 2 is 2.27 bits per heavy atom. The van der Waals surface area contributed by atoms with Gasteiger partial charge in [0.25, 0.3) is 0 Å². The fourth-order valence-corrected chi connectivity index (χ4v) is 1.37. The molecule has 0 aliphatic rings. The molecule has 0 bridgehead atoms. The van der Waals surface area contributed by atoms with Crippen LogP contribution < -0.4 is 10.5 Å². The minimum Gasteiger partial charge on any atom is -0.477 e. The molecule has 15 heavy (non-hydrogen) atoms. The average Bonchev–Trinajstić information content (AvgIpc) is 2.24. The Labute approximate surface area is 91.7 Å². The summed E-state index contributed by atoms with van der Waals surface area (Å²) in [5.74, 6) is 1.41. The number of hydrogen-bond donors (Lipinski definition) is 1. The van der Waals surface area contributed by atoms with Gasteiger partial charge in [0.2, 0.25) is 5.88 Å². The first-order valence-electron chi connectivity index (χ1n) is 5.50. The van der Waals surface area contributed by atoms with E-state index in [4.69, 9.17) is 10.5 Å². The van der Waals surface area contributed by atoms with E-state index in [1.54, 1.807) is 6.20 Å². The van der Waals surface area contributed by atoms with Crippen molar-refractivity contribution in [2.24, 2.45) is 11.7 Å². The van der Waals surface area contributed by atoms with Gasteiger partial charge >= 0.3 is 0 Å². The van der Waals surface area contributed by atoms with E-state index >= 15 is 0 Å². The highest BCUT2D eigenvalue weighted by molar-refractivity contribution is 5.24. The van der Waals surface area contributed by atoms with Crippen LogP contribution in [0.1, 0.15) is 32.3 Å². The van der Waals surface area contributed by atoms with Gasteiger partial charge in [-0.25, -0.2) is 4.98 Å². The van der Waals surface area contributed by atoms with Crippen molar-refractivity contribution >= 4 is 0 Å². The molecule has 1 rings (SSSR count). The molecule has 0 unspecified atom stereocenters. The molecule has 0 aromatic carbocycles. The van der Waals surface area contributed by atoms with Crippen molar-refractivity contribution in [3.05, 3.63) is 23.9 Å². The molecular formula is C12H20N2O. The van der Waals surface area contributed by atoms with Crippen LogP contribution in [0.3, 0.4) is 0 Å². The van der Waals surface area contributed by atoms with Crippen molar-refractivity contribution in [3.8, 4) is 5.88 Å². The monoisotopic (exact) mass is 208 g/mol. The van der Waals surface area contributed by atoms with Crippen molar-refractivity contribution in [1.29, 1.82) is 0 Å². The largest absolute Gasteiger partial charge is 0.477 e. The number of pyridine rings is 1. The van der Waals surface area contributed by atoms with Crippen LogP contribution in [0, 0.1) is 5.92 Å². The van der Waals surface area contributed by atoms with Crippen LogP contribution in [-0.2, 0) is 6.54 Å². The van der Waals surface area contributed by atoms with E-state index in [2.05, 4.69) is 18.8 Å². The average molecular weight is 208 g/mol. The molecule has 1 aromatic rings. The molecule has 0 atom stereocenters. The van der Waals surface area contributed by atoms with Crippen LogP contribution >= 0.6 is 0 Å². The number of nitrogens with two attached hydrogens (primary N) is 1. The first-order chi connectivity index (χ1) is 7.24. The first kappa shape index (κ1) is 12.0. The van der Waals surface area contributed by atoms with Crippen LogP contribution in [0.2, 0.25) is 0 Å². The molecule has 0 saturated heterocycles. The third kappa shape index (κ3) is 4.30. The molecular weight excluding hydrogens is 188 g/mol. The smallest absolute Gasteiger partial charge is 0.217 e. The summed E-state index contributed by atoms with van der Waals surface area (Å²) < 4.78 is 5.59. The molecule has 0 radical (unpaired) electrons. The lowest BCUT2D eigenvalue weighted by atomic mass is 10.1. The summed E-state index contributed by atoms with van der Waals surface area (Å²) in [6.07, 6.45) is 3.99. The SMILES string of the molecule is CC(C)CCCOc1ncccc1CN. The lowest BCUT2D eigenvalue weighted by molar-refractivity contribution is 0.284. The maximum Gasteiger partial charge on any atom is 0.217 e. The third-order valence-electron chi connectivity index (χ3n) is 2.23. The predicted octanol–water partition coefficient (Wildman–Crippen LogP) is 2.36. The minimum absolute atomic E-state index is 0.480. The summed E-state index contributed by atoms with van der Waals surface area (Å²) in [5.41, 5.74) is 6.56. The van der Waals surface area contributed by atoms with Gasteiger partial charge in [-0.1, -0.05) is 19.9 Å². The van der Waals surface area contributed by atoms with Gasteiger partial charge < -0.3 is 10.5 Å². The van der Waals surface area contributed by atoms with Crippen molar-refractivity contribution in [1.82, 2.24) is 4.98 Å². The molecule has 0 aliphatic heterocycles. The quantitative estimate of drug-likeness (QED) is 0.730. The fourth-order valence-electron chi connectivity index (χ4n) is 1.37. The molecule has 0 amide bonds. The predicted molar refractivity (Wildman–Crippen MR) is 61.7 cm³/mol. The molecule has 0 saturated carbocycles. The maximum atomic E-state index is 5.59. The highest BCUT2D eigenvalue weighted by atomic mass is 16.5. The molecule has 2 N–H and O–H groups in total. The van der Waals surface area contributed by atoms with Gasteiger partial charge in [-0.05, 0) is 24.8 Å². The summed E-state index contributed by atoms with van der Waals surface area (Å²) in [7, 11) is 0. The second kappa shape index (κ2) is 6.40. The lowest BCUT2D eigenvalue weighted by Gasteiger charge is -2.09. The number of nitrogens with zero attached hydrogens (tertiary/aromatic N) is 1. The van der Waals surface area contributed by atoms with Crippen molar-refractivity contribution in [2.45, 2.75) is 33.2 Å². The van der Waals surface area contributed by atoms with Gasteiger partial charge in [0.15, 0.2) is 0 Å². The maximum absolute atomic E-state index is 5.59. The van der Waals surface area contributed by atoms with Gasteiger partial charge in [0, 0.05) is 18.3 Å². The Morgan fingerprint density at radius 3 is 2.93 bits per heavy atom. The highest BCUT2D eigenvalue weighted by Gasteiger charge is 2.02. The molecule has 0 aliphatic carbocycles. The molecule has 3 heteroatoms. The van der Waals surface area contributed by atoms with Crippen molar-refractivity contribution < 1.29 is 4.74 Å². The molecule has 0 spiro atoms. The van der Waals surface area contributed by atoms with Crippen LogP contribution in [0.5, 0.6) is 5.88 Å². The van der Waals surface area contributed by atoms with E-state index in [0.717, 1.165) is 24.5 Å². The zero-order valence-electron chi connectivity index (χ0n) is 9.57. The van der Waals surface area contributed by atoms with E-state index in [-0.39, 0.29) is 0 Å². The second-order valence-electron chi connectivity index (χ2n) is 4.06. The second-order valence-corrected chi connectivity index (χ2v) is 4.06. The van der Waals surface area contributed by atoms with Gasteiger partial charge in [0.1, 0.15) is 0 Å². The Morgan fingerprint density at radius 1 is 1.47 bits per heavy atom. The van der Waals surface area contributed by atoms with Crippen molar-refractivity contribution in [2.75, 3.05) is 6.61 Å². The van der Waals surface area contributed by atoms with Crippen LogP contribution in [0.15, 0.2) is 18.3 Å². The normalized spacial score (nSPS) is 10.7. The standard InChI is InChI=1S/C12H20N2O/c1-10(2)5-4-8-15-12-11(9-13)6-3-7-14-12/h3,6-7,10H,4-5,8-9,13H2,1-2H3. The molecule has 1 heterocycles. The van der Waals surface area contributed by atoms with Gasteiger partial charge in [-0.2, -0.15) is 0 Å². The summed E-state index contributed by atoms with van der Waals surface area (Å²) in [6.45, 7) is 5.63. The van der Waals surface area contributed by atoms with Crippen LogP contribution in [-0.4, -0.2) is 11.6 Å². The lowest BCUT2D eigenvalue weighted by Crippen LogP contribution is -2.06. The summed E-state index contributed by atoms with van der Waals surface area (Å²) >= 11 is 0. The third-order valence-corrected chi connectivity index (χ3v) is 2.23. The summed E-state index contributed by atoms with van der Waals surface area (Å²) in [6, 6.07) is 3.83. The highest BCUT2D eigenvalue weighted by Crippen LogP contribution is 2.14. The fraction of sp³-hybridized carbons (Fsp3) is 0.583. The summed E-state index contributed by atoms with van der Waals surface area (Å²) in [5, 5.41) is 0. The van der Waals surface area contributed by atoms with Crippen molar-refractivity contribution in [3.63, 3.8) is 0 Å². The summed E-state index contributed by atoms with van der Waals surface area (Å²) in [4.78, 5) is 4.16. The number of aromatic nitrogens is 1. The number of hydrogen-bond acceptors (Lipinski definition) is 3. The Hall–Kier alpha value is -1.09. The molecule has 0 fully saturated rings. The number of rotatable bonds is 6. The van der Waals surface area contributed by atoms with E-state index in [9.17, 15) is 0 Å². The number of ether oxygens (including phenoxy) is 1. The Kier molecular flexibility index (Phi) is 5.12. The first-order valence-corrected chi connectivity index (χ1v) is 5.50. The van der Waals surface area contributed by atoms with E-state index < -0.39 is 0 Å². The molecule has 1 aromatic heterocycles. The van der Waals surface area contributed by atoms with Gasteiger partial charge in [-0.3, -0.25) is 0 Å². The Balaban J connectivity index is 2.36.